The molecular weight excluding hydrogens is 668 g/mol. The number of fused-ring (bicyclic) bond motifs is 1. The number of benzene rings is 3. The van der Waals surface area contributed by atoms with E-state index in [2.05, 4.69) is 40.0 Å². The number of amides is 1. The Bertz CT molecular complexity index is 1610. The van der Waals surface area contributed by atoms with E-state index in [1.165, 1.54) is 6.07 Å². The highest BCUT2D eigenvalue weighted by atomic mass is 79.9. The van der Waals surface area contributed by atoms with Crippen LogP contribution >= 0.6 is 15.9 Å². The van der Waals surface area contributed by atoms with Crippen LogP contribution in [0.2, 0.25) is 0 Å². The third-order valence-corrected chi connectivity index (χ3v) is 10.8. The van der Waals surface area contributed by atoms with E-state index in [-0.39, 0.29) is 22.8 Å². The first-order valence-corrected chi connectivity index (χ1v) is 18.3. The van der Waals surface area contributed by atoms with Gasteiger partial charge in [0.1, 0.15) is 17.4 Å². The lowest BCUT2D eigenvalue weighted by atomic mass is 9.81. The Labute approximate surface area is 281 Å². The van der Waals surface area contributed by atoms with Gasteiger partial charge in [-0.05, 0) is 73.3 Å². The number of nitrogens with one attached hydrogen (secondary N) is 1. The molecule has 2 atom stereocenters. The maximum absolute atomic E-state index is 14.1. The van der Waals surface area contributed by atoms with Gasteiger partial charge in [-0.15, -0.1) is 0 Å². The van der Waals surface area contributed by atoms with Crippen LogP contribution in [0.25, 0.3) is 0 Å². The average Bonchev–Trinajstić information content (AvgIpc) is 3.10. The van der Waals surface area contributed by atoms with Crippen molar-refractivity contribution in [2.24, 2.45) is 5.41 Å². The fourth-order valence-corrected chi connectivity index (χ4v) is 8.39. The second kappa shape index (κ2) is 15.0. The highest BCUT2D eigenvalue weighted by molar-refractivity contribution is 9.10. The summed E-state index contributed by atoms with van der Waals surface area (Å²) in [5.41, 5.74) is 1.16. The molecule has 0 fully saturated rings. The zero-order valence-corrected chi connectivity index (χ0v) is 29.7. The molecule has 3 aromatic rings. The van der Waals surface area contributed by atoms with Gasteiger partial charge in [0.2, 0.25) is 0 Å². The molecule has 0 aromatic heterocycles. The van der Waals surface area contributed by atoms with Crippen molar-refractivity contribution in [3.05, 3.63) is 82.8 Å². The maximum atomic E-state index is 14.1. The summed E-state index contributed by atoms with van der Waals surface area (Å²) in [6, 6.07) is 21.5. The first-order chi connectivity index (χ1) is 21.8. The van der Waals surface area contributed by atoms with Gasteiger partial charge < -0.3 is 19.7 Å². The van der Waals surface area contributed by atoms with Crippen LogP contribution in [-0.2, 0) is 30.6 Å². The smallest absolute Gasteiger partial charge is 0.329 e. The largest absolute Gasteiger partial charge is 0.483 e. The Hall–Kier alpha value is -3.37. The molecule has 1 amide bonds. The summed E-state index contributed by atoms with van der Waals surface area (Å²) < 4.78 is 40.2. The summed E-state index contributed by atoms with van der Waals surface area (Å²) in [5.74, 6) is -0.844. The summed E-state index contributed by atoms with van der Waals surface area (Å²) >= 11 is 3.58. The zero-order chi connectivity index (χ0) is 33.5. The number of nitrogens with zero attached hydrogens (tertiary/aromatic N) is 1. The van der Waals surface area contributed by atoms with Crippen LogP contribution in [0.4, 0.5) is 11.4 Å². The molecule has 0 aliphatic carbocycles. The fourth-order valence-electron chi connectivity index (χ4n) is 5.77. The number of esters is 1. The summed E-state index contributed by atoms with van der Waals surface area (Å²) in [4.78, 5) is 28.4. The van der Waals surface area contributed by atoms with E-state index in [9.17, 15) is 18.0 Å². The van der Waals surface area contributed by atoms with Crippen molar-refractivity contribution in [2.45, 2.75) is 83.3 Å². The topological polar surface area (TPSA) is 102 Å². The SMILES string of the molecule is CCCCC1(CC)CN(c2ccccc2)c2cc(Br)c(OCC(=O)NC(Cc3ccccc3)C(=O)OC(C)(C)C)cc2S(=O)(=O)C1. The molecular formula is C36H45BrN2O6S. The first-order valence-electron chi connectivity index (χ1n) is 15.8. The van der Waals surface area contributed by atoms with Crippen molar-refractivity contribution in [1.29, 1.82) is 0 Å². The van der Waals surface area contributed by atoms with Crippen LogP contribution in [0.15, 0.2) is 82.2 Å². The van der Waals surface area contributed by atoms with Crippen LogP contribution in [0, 0.1) is 5.41 Å². The van der Waals surface area contributed by atoms with Gasteiger partial charge in [0.15, 0.2) is 16.4 Å². The number of carbonyl (C=O) groups is 2. The molecule has 0 bridgehead atoms. The van der Waals surface area contributed by atoms with Gasteiger partial charge in [0.25, 0.3) is 5.91 Å². The number of anilines is 2. The predicted octanol–water partition coefficient (Wildman–Crippen LogP) is 7.41. The maximum Gasteiger partial charge on any atom is 0.329 e. The van der Waals surface area contributed by atoms with Gasteiger partial charge in [-0.2, -0.15) is 0 Å². The van der Waals surface area contributed by atoms with Crippen LogP contribution in [0.1, 0.15) is 65.9 Å². The second-order valence-corrected chi connectivity index (χ2v) is 15.8. The number of rotatable bonds is 12. The lowest BCUT2D eigenvalue weighted by molar-refractivity contribution is -0.158. The van der Waals surface area contributed by atoms with E-state index in [1.54, 1.807) is 26.8 Å². The molecule has 1 N–H and O–H groups in total. The van der Waals surface area contributed by atoms with Crippen molar-refractivity contribution in [3.63, 3.8) is 0 Å². The van der Waals surface area contributed by atoms with Crippen LogP contribution in [0.3, 0.4) is 0 Å². The van der Waals surface area contributed by atoms with Crippen molar-refractivity contribution >= 4 is 49.0 Å². The molecule has 10 heteroatoms. The monoisotopic (exact) mass is 712 g/mol. The number of ether oxygens (including phenoxy) is 2. The van der Waals surface area contributed by atoms with Crippen molar-refractivity contribution in [2.75, 3.05) is 23.8 Å². The van der Waals surface area contributed by atoms with Crippen LogP contribution in [0.5, 0.6) is 5.75 Å². The Morgan fingerprint density at radius 1 is 1.02 bits per heavy atom. The van der Waals surface area contributed by atoms with E-state index >= 15 is 0 Å². The Morgan fingerprint density at radius 3 is 2.28 bits per heavy atom. The molecule has 8 nitrogen and oxygen atoms in total. The zero-order valence-electron chi connectivity index (χ0n) is 27.3. The molecule has 0 radical (unpaired) electrons. The molecule has 0 saturated heterocycles. The lowest BCUT2D eigenvalue weighted by Crippen LogP contribution is -2.47. The van der Waals surface area contributed by atoms with Gasteiger partial charge in [0.05, 0.1) is 20.8 Å². The normalized spacial score (nSPS) is 18.2. The third kappa shape index (κ3) is 9.12. The van der Waals surface area contributed by atoms with E-state index in [0.717, 1.165) is 36.9 Å². The molecule has 46 heavy (non-hydrogen) atoms. The van der Waals surface area contributed by atoms with Gasteiger partial charge in [0, 0.05) is 30.1 Å². The van der Waals surface area contributed by atoms with E-state index in [1.807, 2.05) is 60.7 Å². The highest BCUT2D eigenvalue weighted by Crippen LogP contribution is 2.46. The van der Waals surface area contributed by atoms with E-state index < -0.39 is 45.4 Å². The first kappa shape index (κ1) is 35.5. The number of hydrogen-bond acceptors (Lipinski definition) is 7. The number of unbranched alkanes of at least 4 members (excludes halogenated alkanes) is 1. The number of sulfone groups is 1. The minimum absolute atomic E-state index is 0.0193. The Balaban J connectivity index is 1.62. The standard InChI is InChI=1S/C36H45BrN2O6S/c1-6-8-19-36(7-2)24-39(27-17-13-10-14-18-27)30-21-28(37)31(22-32(30)46(42,43)25-36)44-23-33(40)38-29(34(41)45-35(3,4)5)20-26-15-11-9-12-16-26/h9-18,21-22,29H,6-8,19-20,23-25H2,1-5H3,(H,38,40). The molecule has 1 aliphatic heterocycles. The summed E-state index contributed by atoms with van der Waals surface area (Å²) in [6.07, 6.45) is 3.67. The van der Waals surface area contributed by atoms with Crippen LogP contribution in [-0.4, -0.2) is 50.8 Å². The summed E-state index contributed by atoms with van der Waals surface area (Å²) in [5, 5.41) is 2.75. The molecule has 248 valence electrons. The quantitative estimate of drug-likeness (QED) is 0.195. The number of para-hydroxylation sites is 1. The van der Waals surface area contributed by atoms with Gasteiger partial charge >= 0.3 is 5.97 Å². The van der Waals surface area contributed by atoms with Crippen molar-refractivity contribution in [3.8, 4) is 5.75 Å². The number of halogens is 1. The van der Waals surface area contributed by atoms with Gasteiger partial charge in [-0.25, -0.2) is 13.2 Å². The lowest BCUT2D eigenvalue weighted by Gasteiger charge is -2.36. The number of hydrogen-bond donors (Lipinski definition) is 1. The van der Waals surface area contributed by atoms with Gasteiger partial charge in [-0.1, -0.05) is 75.2 Å². The molecule has 0 saturated carbocycles. The third-order valence-electron chi connectivity index (χ3n) is 8.18. The second-order valence-electron chi connectivity index (χ2n) is 13.0. The van der Waals surface area contributed by atoms with E-state index in [0.29, 0.717) is 16.7 Å². The number of carbonyl (C=O) groups excluding carboxylic acids is 2. The molecule has 1 heterocycles. The molecule has 0 spiro atoms. The van der Waals surface area contributed by atoms with Gasteiger partial charge in [-0.3, -0.25) is 4.79 Å². The molecule has 4 rings (SSSR count). The highest BCUT2D eigenvalue weighted by Gasteiger charge is 2.42. The van der Waals surface area contributed by atoms with Crippen molar-refractivity contribution < 1.29 is 27.5 Å². The summed E-state index contributed by atoms with van der Waals surface area (Å²) in [6.45, 7) is 9.62. The molecule has 3 aromatic carbocycles. The minimum Gasteiger partial charge on any atom is -0.483 e. The summed E-state index contributed by atoms with van der Waals surface area (Å²) in [7, 11) is -3.73. The average molecular weight is 714 g/mol. The fraction of sp³-hybridized carbons (Fsp3) is 0.444. The Morgan fingerprint density at radius 2 is 1.67 bits per heavy atom. The minimum atomic E-state index is -3.73. The molecule has 1 aliphatic rings. The predicted molar refractivity (Wildman–Crippen MR) is 185 cm³/mol. The van der Waals surface area contributed by atoms with Crippen LogP contribution < -0.4 is 15.0 Å². The van der Waals surface area contributed by atoms with Crippen molar-refractivity contribution in [1.82, 2.24) is 5.32 Å². The Kier molecular flexibility index (Phi) is 11.6. The molecule has 2 unspecified atom stereocenters. The van der Waals surface area contributed by atoms with E-state index in [4.69, 9.17) is 9.47 Å².